The largest absolute Gasteiger partial charge is 0.481 e. The molecule has 3 aromatic rings. The predicted octanol–water partition coefficient (Wildman–Crippen LogP) is 3.92. The van der Waals surface area contributed by atoms with Crippen LogP contribution in [0.25, 0.3) is 0 Å². The molecule has 0 saturated carbocycles. The number of amides is 1. The lowest BCUT2D eigenvalue weighted by Gasteiger charge is -2.32. The fourth-order valence-electron chi connectivity index (χ4n) is 3.79. The normalized spacial score (nSPS) is 14.2. The molecule has 1 aliphatic heterocycles. The van der Waals surface area contributed by atoms with E-state index in [-0.39, 0.29) is 18.3 Å². The predicted molar refractivity (Wildman–Crippen MR) is 119 cm³/mol. The van der Waals surface area contributed by atoms with Crippen LogP contribution in [0.5, 0.6) is 5.75 Å². The summed E-state index contributed by atoms with van der Waals surface area (Å²) in [5.74, 6) is 1.45. The van der Waals surface area contributed by atoms with Crippen LogP contribution in [0, 0.1) is 18.7 Å². The van der Waals surface area contributed by atoms with Gasteiger partial charge in [-0.05, 0) is 55.9 Å². The van der Waals surface area contributed by atoms with Gasteiger partial charge < -0.3 is 15.0 Å². The van der Waals surface area contributed by atoms with Crippen molar-refractivity contribution in [3.63, 3.8) is 0 Å². The molecule has 32 heavy (non-hydrogen) atoms. The van der Waals surface area contributed by atoms with E-state index in [2.05, 4.69) is 20.3 Å². The first-order valence-electron chi connectivity index (χ1n) is 10.7. The van der Waals surface area contributed by atoms with Crippen LogP contribution in [0.15, 0.2) is 55.0 Å². The number of nitrogens with zero attached hydrogens (tertiary/aromatic N) is 4. The molecule has 2 aromatic heterocycles. The van der Waals surface area contributed by atoms with Gasteiger partial charge in [0.15, 0.2) is 18.2 Å². The fraction of sp³-hybridized carbons (Fsp3) is 0.333. The van der Waals surface area contributed by atoms with Crippen molar-refractivity contribution in [1.82, 2.24) is 19.9 Å². The number of piperidine rings is 1. The average molecular weight is 436 g/mol. The highest BCUT2D eigenvalue weighted by atomic mass is 19.1. The van der Waals surface area contributed by atoms with Gasteiger partial charge in [-0.1, -0.05) is 18.2 Å². The highest BCUT2D eigenvalue weighted by molar-refractivity contribution is 5.77. The molecule has 0 spiro atoms. The number of carbonyl (C=O) groups is 1. The highest BCUT2D eigenvalue weighted by Crippen LogP contribution is 2.23. The third-order valence-corrected chi connectivity index (χ3v) is 5.63. The van der Waals surface area contributed by atoms with Crippen molar-refractivity contribution in [3.05, 3.63) is 72.1 Å². The van der Waals surface area contributed by atoms with Gasteiger partial charge in [0.25, 0.3) is 5.91 Å². The summed E-state index contributed by atoms with van der Waals surface area (Å²) in [6.45, 7) is 3.16. The SMILES string of the molecule is Cc1cccnc1Nc1cc(CC2CCN(C(=O)COc3ccccc3F)CC2)ncn1. The number of aryl methyl sites for hydroxylation is 1. The second-order valence-corrected chi connectivity index (χ2v) is 7.94. The zero-order valence-corrected chi connectivity index (χ0v) is 18.0. The lowest BCUT2D eigenvalue weighted by molar-refractivity contribution is -0.134. The van der Waals surface area contributed by atoms with Crippen molar-refractivity contribution in [1.29, 1.82) is 0 Å². The molecule has 0 atom stereocenters. The van der Waals surface area contributed by atoms with Crippen LogP contribution in [0.1, 0.15) is 24.1 Å². The minimum atomic E-state index is -0.462. The molecule has 166 valence electrons. The molecule has 4 rings (SSSR count). The molecule has 1 aliphatic rings. The second kappa shape index (κ2) is 10.2. The number of rotatable bonds is 7. The maximum absolute atomic E-state index is 13.6. The lowest BCUT2D eigenvalue weighted by atomic mass is 9.92. The van der Waals surface area contributed by atoms with Crippen molar-refractivity contribution in [3.8, 4) is 5.75 Å². The Balaban J connectivity index is 1.26. The van der Waals surface area contributed by atoms with E-state index in [9.17, 15) is 9.18 Å². The van der Waals surface area contributed by atoms with Gasteiger partial charge in [-0.25, -0.2) is 19.3 Å². The Labute approximate surface area is 186 Å². The van der Waals surface area contributed by atoms with Gasteiger partial charge in [0.05, 0.1) is 0 Å². The van der Waals surface area contributed by atoms with Gasteiger partial charge in [0.2, 0.25) is 0 Å². The minimum absolute atomic E-state index is 0.102. The molecular weight excluding hydrogens is 409 g/mol. The van der Waals surface area contributed by atoms with E-state index >= 15 is 0 Å². The number of halogens is 1. The molecule has 1 fully saturated rings. The zero-order chi connectivity index (χ0) is 22.3. The molecule has 1 aromatic carbocycles. The lowest BCUT2D eigenvalue weighted by Crippen LogP contribution is -2.41. The molecule has 1 amide bonds. The van der Waals surface area contributed by atoms with E-state index < -0.39 is 5.82 Å². The van der Waals surface area contributed by atoms with Crippen molar-refractivity contribution in [2.75, 3.05) is 25.0 Å². The summed E-state index contributed by atoms with van der Waals surface area (Å²) >= 11 is 0. The van der Waals surface area contributed by atoms with Gasteiger partial charge in [0, 0.05) is 31.0 Å². The van der Waals surface area contributed by atoms with Gasteiger partial charge in [-0.2, -0.15) is 0 Å². The second-order valence-electron chi connectivity index (χ2n) is 7.94. The van der Waals surface area contributed by atoms with E-state index in [0.717, 1.165) is 42.2 Å². The van der Waals surface area contributed by atoms with Crippen molar-refractivity contribution in [2.24, 2.45) is 5.92 Å². The van der Waals surface area contributed by atoms with Gasteiger partial charge in [-0.15, -0.1) is 0 Å². The summed E-state index contributed by atoms with van der Waals surface area (Å²) in [5.41, 5.74) is 2.01. The Hall–Kier alpha value is -3.55. The van der Waals surface area contributed by atoms with Crippen molar-refractivity contribution >= 4 is 17.5 Å². The van der Waals surface area contributed by atoms with E-state index in [0.29, 0.717) is 19.0 Å². The number of ether oxygens (including phenoxy) is 1. The van der Waals surface area contributed by atoms with Crippen LogP contribution in [0.3, 0.4) is 0 Å². The number of pyridine rings is 1. The number of hydrogen-bond donors (Lipinski definition) is 1. The van der Waals surface area contributed by atoms with E-state index in [4.69, 9.17) is 4.74 Å². The van der Waals surface area contributed by atoms with Crippen LogP contribution in [0.2, 0.25) is 0 Å². The van der Waals surface area contributed by atoms with Gasteiger partial charge in [-0.3, -0.25) is 4.79 Å². The standard InChI is InChI=1S/C24H26FN5O2/c1-17-5-4-10-26-24(17)29-22-14-19(27-16-28-22)13-18-8-11-30(12-9-18)23(31)15-32-21-7-3-2-6-20(21)25/h2-7,10,14,16,18H,8-9,11-13,15H2,1H3,(H,26,27,28,29). The molecule has 0 radical (unpaired) electrons. The number of anilines is 2. The maximum Gasteiger partial charge on any atom is 0.260 e. The van der Waals surface area contributed by atoms with Crippen LogP contribution in [0.4, 0.5) is 16.0 Å². The average Bonchev–Trinajstić information content (AvgIpc) is 2.81. The Morgan fingerprint density at radius 1 is 1.16 bits per heavy atom. The fourth-order valence-corrected chi connectivity index (χ4v) is 3.79. The number of para-hydroxylation sites is 1. The van der Waals surface area contributed by atoms with Crippen LogP contribution < -0.4 is 10.1 Å². The van der Waals surface area contributed by atoms with Crippen LogP contribution >= 0.6 is 0 Å². The maximum atomic E-state index is 13.6. The summed E-state index contributed by atoms with van der Waals surface area (Å²) in [4.78, 5) is 27.3. The molecule has 3 heterocycles. The molecular formula is C24H26FN5O2. The Morgan fingerprint density at radius 3 is 2.75 bits per heavy atom. The topological polar surface area (TPSA) is 80.2 Å². The number of benzene rings is 1. The smallest absolute Gasteiger partial charge is 0.260 e. The minimum Gasteiger partial charge on any atom is -0.481 e. The number of likely N-dealkylation sites (tertiary alicyclic amines) is 1. The third kappa shape index (κ3) is 5.57. The molecule has 8 heteroatoms. The number of aromatic nitrogens is 3. The molecule has 0 aliphatic carbocycles. The third-order valence-electron chi connectivity index (χ3n) is 5.63. The summed E-state index contributed by atoms with van der Waals surface area (Å²) in [7, 11) is 0. The van der Waals surface area contributed by atoms with Crippen LogP contribution in [-0.4, -0.2) is 45.5 Å². The van der Waals surface area contributed by atoms with Crippen molar-refractivity contribution < 1.29 is 13.9 Å². The quantitative estimate of drug-likeness (QED) is 0.606. The molecule has 1 saturated heterocycles. The summed E-state index contributed by atoms with van der Waals surface area (Å²) in [6.07, 6.45) is 5.91. The molecule has 1 N–H and O–H groups in total. The monoisotopic (exact) mass is 435 g/mol. The Morgan fingerprint density at radius 2 is 1.97 bits per heavy atom. The van der Waals surface area contributed by atoms with E-state index in [1.165, 1.54) is 12.1 Å². The number of carbonyl (C=O) groups excluding carboxylic acids is 1. The summed E-state index contributed by atoms with van der Waals surface area (Å²) in [5, 5.41) is 3.25. The summed E-state index contributed by atoms with van der Waals surface area (Å²) in [6, 6.07) is 12.0. The molecule has 0 bridgehead atoms. The number of nitrogens with one attached hydrogen (secondary N) is 1. The Kier molecular flexibility index (Phi) is 6.89. The van der Waals surface area contributed by atoms with E-state index in [1.54, 1.807) is 29.6 Å². The Bertz CT molecular complexity index is 1070. The number of hydrogen-bond acceptors (Lipinski definition) is 6. The van der Waals surface area contributed by atoms with Crippen LogP contribution in [-0.2, 0) is 11.2 Å². The van der Waals surface area contributed by atoms with Gasteiger partial charge in [0.1, 0.15) is 18.0 Å². The van der Waals surface area contributed by atoms with Gasteiger partial charge >= 0.3 is 0 Å². The molecule has 0 unspecified atom stereocenters. The first-order chi connectivity index (χ1) is 15.6. The van der Waals surface area contributed by atoms with Crippen molar-refractivity contribution in [2.45, 2.75) is 26.2 Å². The summed E-state index contributed by atoms with van der Waals surface area (Å²) < 4.78 is 19.0. The first kappa shape index (κ1) is 21.7. The first-order valence-corrected chi connectivity index (χ1v) is 10.7. The highest BCUT2D eigenvalue weighted by Gasteiger charge is 2.24. The molecule has 7 nitrogen and oxygen atoms in total. The zero-order valence-electron chi connectivity index (χ0n) is 18.0. The van der Waals surface area contributed by atoms with E-state index in [1.807, 2.05) is 25.1 Å².